The van der Waals surface area contributed by atoms with Gasteiger partial charge in [0.25, 0.3) is 5.56 Å². The van der Waals surface area contributed by atoms with Crippen molar-refractivity contribution < 1.29 is 0 Å². The highest BCUT2D eigenvalue weighted by Gasteiger charge is 2.08. The number of H-pyrrole nitrogens is 2. The topological polar surface area (TPSA) is 61.5 Å². The monoisotopic (exact) mass is 263 g/mol. The highest BCUT2D eigenvalue weighted by molar-refractivity contribution is 9.10. The summed E-state index contributed by atoms with van der Waals surface area (Å²) in [7, 11) is 0. The summed E-state index contributed by atoms with van der Waals surface area (Å²) in [5, 5.41) is 1.49. The van der Waals surface area contributed by atoms with E-state index in [0.717, 1.165) is 15.4 Å². The van der Waals surface area contributed by atoms with E-state index in [1.54, 1.807) is 0 Å². The van der Waals surface area contributed by atoms with Crippen LogP contribution in [0.3, 0.4) is 0 Å². The molecule has 4 nitrogen and oxygen atoms in total. The van der Waals surface area contributed by atoms with Crippen LogP contribution >= 0.6 is 15.9 Å². The number of nitrogens with zero attached hydrogens (tertiary/aromatic N) is 1. The minimum absolute atomic E-state index is 0.121. The van der Waals surface area contributed by atoms with Gasteiger partial charge in [-0.25, -0.2) is 4.98 Å². The molecule has 0 radical (unpaired) electrons. The quantitative estimate of drug-likeness (QED) is 0.653. The van der Waals surface area contributed by atoms with Gasteiger partial charge in [-0.15, -0.1) is 0 Å². The van der Waals surface area contributed by atoms with Crippen LogP contribution in [0.1, 0.15) is 0 Å². The summed E-state index contributed by atoms with van der Waals surface area (Å²) in [6, 6.07) is 5.75. The second kappa shape index (κ2) is 2.93. The normalized spacial score (nSPS) is 11.3. The smallest absolute Gasteiger partial charge is 0.260 e. The number of aromatic amines is 2. The van der Waals surface area contributed by atoms with Crippen LogP contribution in [0.2, 0.25) is 0 Å². The molecule has 0 atom stereocenters. The van der Waals surface area contributed by atoms with Crippen LogP contribution in [0.5, 0.6) is 0 Å². The van der Waals surface area contributed by atoms with Gasteiger partial charge in [0.1, 0.15) is 5.65 Å². The molecule has 15 heavy (non-hydrogen) atoms. The van der Waals surface area contributed by atoms with E-state index < -0.39 is 0 Å². The van der Waals surface area contributed by atoms with Gasteiger partial charge < -0.3 is 9.97 Å². The largest absolute Gasteiger partial charge is 0.339 e. The van der Waals surface area contributed by atoms with Crippen molar-refractivity contribution >= 4 is 37.9 Å². The Kier molecular flexibility index (Phi) is 1.70. The van der Waals surface area contributed by atoms with Gasteiger partial charge in [0.2, 0.25) is 0 Å². The Labute approximate surface area is 92.5 Å². The van der Waals surface area contributed by atoms with Crippen LogP contribution in [0.15, 0.2) is 33.8 Å². The van der Waals surface area contributed by atoms with E-state index in [0.29, 0.717) is 11.0 Å². The number of fused-ring (bicyclic) bond motifs is 3. The van der Waals surface area contributed by atoms with E-state index in [4.69, 9.17) is 0 Å². The predicted molar refractivity (Wildman–Crippen MR) is 61.9 cm³/mol. The van der Waals surface area contributed by atoms with Gasteiger partial charge in [0, 0.05) is 15.4 Å². The lowest BCUT2D eigenvalue weighted by Crippen LogP contribution is -2.04. The molecule has 0 saturated heterocycles. The van der Waals surface area contributed by atoms with E-state index in [-0.39, 0.29) is 5.56 Å². The Morgan fingerprint density at radius 1 is 1.33 bits per heavy atom. The van der Waals surface area contributed by atoms with Crippen molar-refractivity contribution in [1.29, 1.82) is 0 Å². The van der Waals surface area contributed by atoms with Crippen molar-refractivity contribution in [2.45, 2.75) is 0 Å². The first-order valence-corrected chi connectivity index (χ1v) is 5.19. The summed E-state index contributed by atoms with van der Waals surface area (Å²) in [4.78, 5) is 21.4. The van der Waals surface area contributed by atoms with Crippen molar-refractivity contribution in [1.82, 2.24) is 15.0 Å². The van der Waals surface area contributed by atoms with Crippen LogP contribution in [0, 0.1) is 0 Å². The number of benzene rings is 1. The highest BCUT2D eigenvalue weighted by Crippen LogP contribution is 2.24. The maximum absolute atomic E-state index is 11.6. The van der Waals surface area contributed by atoms with E-state index in [2.05, 4.69) is 30.9 Å². The molecule has 0 spiro atoms. The molecule has 3 rings (SSSR count). The highest BCUT2D eigenvalue weighted by atomic mass is 79.9. The number of aromatic nitrogens is 3. The van der Waals surface area contributed by atoms with Crippen molar-refractivity contribution in [3.05, 3.63) is 39.4 Å². The van der Waals surface area contributed by atoms with Gasteiger partial charge >= 0.3 is 0 Å². The third-order valence-corrected chi connectivity index (χ3v) is 2.85. The van der Waals surface area contributed by atoms with Crippen LogP contribution in [-0.2, 0) is 0 Å². The zero-order valence-electron chi connectivity index (χ0n) is 7.54. The van der Waals surface area contributed by atoms with Gasteiger partial charge in [0.05, 0.1) is 11.7 Å². The lowest BCUT2D eigenvalue weighted by molar-refractivity contribution is 1.16. The molecular formula is C10H6BrN3O. The first-order valence-electron chi connectivity index (χ1n) is 4.40. The lowest BCUT2D eigenvalue weighted by atomic mass is 10.2. The van der Waals surface area contributed by atoms with Gasteiger partial charge in [-0.05, 0) is 18.2 Å². The molecule has 0 saturated carbocycles. The number of rotatable bonds is 0. The van der Waals surface area contributed by atoms with Gasteiger partial charge in [-0.3, -0.25) is 4.79 Å². The molecule has 2 aromatic heterocycles. The Morgan fingerprint density at radius 3 is 3.07 bits per heavy atom. The molecule has 2 N–H and O–H groups in total. The first kappa shape index (κ1) is 8.67. The molecule has 0 unspecified atom stereocenters. The average Bonchev–Trinajstić information content (AvgIpc) is 2.57. The lowest BCUT2D eigenvalue weighted by Gasteiger charge is -1.90. The van der Waals surface area contributed by atoms with E-state index in [1.165, 1.54) is 6.33 Å². The SMILES string of the molecule is O=c1[nH]cnc2[nH]c3ccc(Br)cc3c12. The zero-order chi connectivity index (χ0) is 10.4. The standard InChI is InChI=1S/C10H6BrN3O/c11-5-1-2-7-6(3-5)8-9(14-7)12-4-13-10(8)15/h1-4H,(H2,12,13,14,15). The molecule has 74 valence electrons. The Bertz CT molecular complexity index is 713. The number of hydrogen-bond acceptors (Lipinski definition) is 2. The van der Waals surface area contributed by atoms with Crippen molar-refractivity contribution in [2.24, 2.45) is 0 Å². The van der Waals surface area contributed by atoms with Crippen LogP contribution in [-0.4, -0.2) is 15.0 Å². The molecule has 3 aromatic rings. The summed E-state index contributed by atoms with van der Waals surface area (Å²) in [5.41, 5.74) is 1.41. The molecule has 5 heteroatoms. The molecule has 0 amide bonds. The Balaban J connectivity index is 2.67. The molecule has 2 heterocycles. The fourth-order valence-electron chi connectivity index (χ4n) is 1.70. The second-order valence-corrected chi connectivity index (χ2v) is 4.19. The maximum Gasteiger partial charge on any atom is 0.260 e. The molecular weight excluding hydrogens is 258 g/mol. The zero-order valence-corrected chi connectivity index (χ0v) is 9.13. The summed E-state index contributed by atoms with van der Waals surface area (Å²) < 4.78 is 0.944. The molecule has 0 bridgehead atoms. The number of halogens is 1. The maximum atomic E-state index is 11.6. The minimum atomic E-state index is -0.121. The Hall–Kier alpha value is -1.62. The summed E-state index contributed by atoms with van der Waals surface area (Å²) >= 11 is 3.38. The van der Waals surface area contributed by atoms with E-state index >= 15 is 0 Å². The average molecular weight is 264 g/mol. The van der Waals surface area contributed by atoms with Gasteiger partial charge in [0.15, 0.2) is 0 Å². The summed E-state index contributed by atoms with van der Waals surface area (Å²) in [6.45, 7) is 0. The Morgan fingerprint density at radius 2 is 2.20 bits per heavy atom. The van der Waals surface area contributed by atoms with E-state index in [1.807, 2.05) is 18.2 Å². The van der Waals surface area contributed by atoms with Crippen molar-refractivity contribution in [3.63, 3.8) is 0 Å². The fourth-order valence-corrected chi connectivity index (χ4v) is 2.07. The molecule has 0 fully saturated rings. The van der Waals surface area contributed by atoms with Crippen molar-refractivity contribution in [2.75, 3.05) is 0 Å². The third-order valence-electron chi connectivity index (χ3n) is 2.36. The van der Waals surface area contributed by atoms with Crippen molar-refractivity contribution in [3.8, 4) is 0 Å². The summed E-state index contributed by atoms with van der Waals surface area (Å²) in [5.74, 6) is 0. The second-order valence-electron chi connectivity index (χ2n) is 3.27. The van der Waals surface area contributed by atoms with Gasteiger partial charge in [-0.1, -0.05) is 15.9 Å². The predicted octanol–water partition coefficient (Wildman–Crippen LogP) is 2.17. The van der Waals surface area contributed by atoms with Gasteiger partial charge in [-0.2, -0.15) is 0 Å². The molecule has 0 aliphatic rings. The van der Waals surface area contributed by atoms with Crippen LogP contribution < -0.4 is 5.56 Å². The minimum Gasteiger partial charge on any atom is -0.339 e. The molecule has 1 aromatic carbocycles. The van der Waals surface area contributed by atoms with Crippen LogP contribution in [0.4, 0.5) is 0 Å². The van der Waals surface area contributed by atoms with E-state index in [9.17, 15) is 4.79 Å². The fraction of sp³-hybridized carbons (Fsp3) is 0. The number of nitrogens with one attached hydrogen (secondary N) is 2. The third kappa shape index (κ3) is 1.20. The van der Waals surface area contributed by atoms with Crippen LogP contribution in [0.25, 0.3) is 21.9 Å². The summed E-state index contributed by atoms with van der Waals surface area (Å²) in [6.07, 6.45) is 1.40. The molecule has 0 aliphatic heterocycles. The number of hydrogen-bond donors (Lipinski definition) is 2. The first-order chi connectivity index (χ1) is 7.25. The molecule has 0 aliphatic carbocycles.